The summed E-state index contributed by atoms with van der Waals surface area (Å²) in [6.07, 6.45) is 0. The minimum Gasteiger partial charge on any atom is -0.481 e. The third kappa shape index (κ3) is 4.31. The number of fused-ring (bicyclic) bond motifs is 1. The molecule has 0 saturated heterocycles. The summed E-state index contributed by atoms with van der Waals surface area (Å²) < 4.78 is 10.6. The van der Waals surface area contributed by atoms with E-state index in [1.807, 2.05) is 32.9 Å². The summed E-state index contributed by atoms with van der Waals surface area (Å²) in [5, 5.41) is 2.70. The number of anilines is 2. The topological polar surface area (TPSA) is 84.9 Å². The molecule has 1 N–H and O–H groups in total. The van der Waals surface area contributed by atoms with Crippen molar-refractivity contribution in [3.63, 3.8) is 0 Å². The standard InChI is InChI=1S/C21H22N2O5/c1-13-8-14(2)21(15(3)9-13)28-12-20(26)27-11-19(25)23-10-18(24)22-16-6-4-5-7-17(16)23/h4-9H,10-12H2,1-3H3,(H,22,24). The molecule has 146 valence electrons. The molecular formula is C21H22N2O5. The van der Waals surface area contributed by atoms with Crippen LogP contribution in [0.15, 0.2) is 36.4 Å². The molecule has 7 heteroatoms. The smallest absolute Gasteiger partial charge is 0.344 e. The molecule has 28 heavy (non-hydrogen) atoms. The zero-order valence-corrected chi connectivity index (χ0v) is 16.1. The first-order chi connectivity index (χ1) is 13.3. The SMILES string of the molecule is Cc1cc(C)c(OCC(=O)OCC(=O)N2CC(=O)Nc3ccccc32)c(C)c1. The van der Waals surface area contributed by atoms with Crippen LogP contribution in [-0.2, 0) is 19.1 Å². The molecule has 1 aliphatic rings. The maximum absolute atomic E-state index is 12.5. The van der Waals surface area contributed by atoms with E-state index >= 15 is 0 Å². The number of carbonyl (C=O) groups excluding carboxylic acids is 3. The molecule has 1 heterocycles. The number of ether oxygens (including phenoxy) is 2. The molecule has 0 spiro atoms. The highest BCUT2D eigenvalue weighted by Crippen LogP contribution is 2.29. The van der Waals surface area contributed by atoms with Crippen LogP contribution in [-0.4, -0.2) is 37.5 Å². The van der Waals surface area contributed by atoms with Crippen molar-refractivity contribution < 1.29 is 23.9 Å². The summed E-state index contributed by atoms with van der Waals surface area (Å²) in [5.41, 5.74) is 4.09. The number of amides is 2. The molecule has 7 nitrogen and oxygen atoms in total. The lowest BCUT2D eigenvalue weighted by molar-refractivity contribution is -0.149. The zero-order valence-electron chi connectivity index (χ0n) is 16.1. The lowest BCUT2D eigenvalue weighted by atomic mass is 10.1. The van der Waals surface area contributed by atoms with Gasteiger partial charge in [0.2, 0.25) is 5.91 Å². The third-order valence-electron chi connectivity index (χ3n) is 4.37. The van der Waals surface area contributed by atoms with Crippen LogP contribution in [0, 0.1) is 20.8 Å². The van der Waals surface area contributed by atoms with Crippen molar-refractivity contribution in [3.05, 3.63) is 53.1 Å². The fourth-order valence-corrected chi connectivity index (χ4v) is 3.24. The number of para-hydroxylation sites is 2. The van der Waals surface area contributed by atoms with Gasteiger partial charge in [-0.1, -0.05) is 29.8 Å². The van der Waals surface area contributed by atoms with Gasteiger partial charge in [0, 0.05) is 0 Å². The second-order valence-electron chi connectivity index (χ2n) is 6.72. The fourth-order valence-electron chi connectivity index (χ4n) is 3.24. The predicted octanol–water partition coefficient (Wildman–Crippen LogP) is 2.52. The number of rotatable bonds is 5. The number of aryl methyl sites for hydroxylation is 3. The van der Waals surface area contributed by atoms with Crippen LogP contribution in [0.3, 0.4) is 0 Å². The Morgan fingerprint density at radius 3 is 2.46 bits per heavy atom. The first-order valence-corrected chi connectivity index (χ1v) is 8.90. The molecule has 0 atom stereocenters. The highest BCUT2D eigenvalue weighted by atomic mass is 16.6. The maximum Gasteiger partial charge on any atom is 0.344 e. The maximum atomic E-state index is 12.5. The van der Waals surface area contributed by atoms with Gasteiger partial charge in [0.15, 0.2) is 13.2 Å². The molecule has 0 saturated carbocycles. The van der Waals surface area contributed by atoms with Crippen molar-refractivity contribution in [3.8, 4) is 5.75 Å². The fraction of sp³-hybridized carbons (Fsp3) is 0.286. The zero-order chi connectivity index (χ0) is 20.3. The van der Waals surface area contributed by atoms with E-state index in [0.29, 0.717) is 17.1 Å². The first-order valence-electron chi connectivity index (χ1n) is 8.90. The Kier molecular flexibility index (Phi) is 5.63. The number of esters is 1. The average Bonchev–Trinajstić information content (AvgIpc) is 2.64. The molecule has 0 fully saturated rings. The van der Waals surface area contributed by atoms with E-state index < -0.39 is 18.5 Å². The number of hydrogen-bond acceptors (Lipinski definition) is 5. The average molecular weight is 382 g/mol. The molecule has 0 unspecified atom stereocenters. The molecule has 0 radical (unpaired) electrons. The Morgan fingerprint density at radius 1 is 1.07 bits per heavy atom. The summed E-state index contributed by atoms with van der Waals surface area (Å²) in [6, 6.07) is 10.9. The second kappa shape index (κ2) is 8.12. The quantitative estimate of drug-likeness (QED) is 0.804. The van der Waals surface area contributed by atoms with Crippen LogP contribution in [0.2, 0.25) is 0 Å². The van der Waals surface area contributed by atoms with E-state index in [0.717, 1.165) is 16.7 Å². The van der Waals surface area contributed by atoms with Crippen molar-refractivity contribution in [2.75, 3.05) is 30.0 Å². The molecule has 2 aromatic rings. The minimum absolute atomic E-state index is 0.119. The number of nitrogens with zero attached hydrogens (tertiary/aromatic N) is 1. The summed E-state index contributed by atoms with van der Waals surface area (Å²) >= 11 is 0. The number of benzene rings is 2. The lowest BCUT2D eigenvalue weighted by Crippen LogP contribution is -2.44. The predicted molar refractivity (Wildman–Crippen MR) is 105 cm³/mol. The molecule has 0 aliphatic carbocycles. The van der Waals surface area contributed by atoms with E-state index in [1.54, 1.807) is 24.3 Å². The van der Waals surface area contributed by atoms with Gasteiger partial charge in [0.05, 0.1) is 11.4 Å². The van der Waals surface area contributed by atoms with Gasteiger partial charge < -0.3 is 14.8 Å². The summed E-state index contributed by atoms with van der Waals surface area (Å²) in [7, 11) is 0. The summed E-state index contributed by atoms with van der Waals surface area (Å²) in [4.78, 5) is 37.6. The Morgan fingerprint density at radius 2 is 1.75 bits per heavy atom. The van der Waals surface area contributed by atoms with Gasteiger partial charge in [-0.25, -0.2) is 4.79 Å². The molecule has 2 amide bonds. The molecule has 3 rings (SSSR count). The van der Waals surface area contributed by atoms with E-state index in [9.17, 15) is 14.4 Å². The molecular weight excluding hydrogens is 360 g/mol. The van der Waals surface area contributed by atoms with Crippen molar-refractivity contribution in [2.24, 2.45) is 0 Å². The largest absolute Gasteiger partial charge is 0.481 e. The number of carbonyl (C=O) groups is 3. The third-order valence-corrected chi connectivity index (χ3v) is 4.37. The molecule has 0 aromatic heterocycles. The van der Waals surface area contributed by atoms with Crippen LogP contribution < -0.4 is 15.0 Å². The number of nitrogens with one attached hydrogen (secondary N) is 1. The summed E-state index contributed by atoms with van der Waals surface area (Å²) in [5.74, 6) is -0.789. The Labute approximate surface area is 163 Å². The molecule has 2 aromatic carbocycles. The van der Waals surface area contributed by atoms with E-state index in [2.05, 4.69) is 5.32 Å². The highest BCUT2D eigenvalue weighted by molar-refractivity contribution is 6.10. The second-order valence-corrected chi connectivity index (χ2v) is 6.72. The van der Waals surface area contributed by atoms with Gasteiger partial charge in [-0.3, -0.25) is 14.5 Å². The minimum atomic E-state index is -0.650. The van der Waals surface area contributed by atoms with Crippen molar-refractivity contribution in [1.29, 1.82) is 0 Å². The van der Waals surface area contributed by atoms with Gasteiger partial charge in [-0.05, 0) is 44.0 Å². The first kappa shape index (κ1) is 19.4. The van der Waals surface area contributed by atoms with Gasteiger partial charge in [0.25, 0.3) is 5.91 Å². The monoisotopic (exact) mass is 382 g/mol. The van der Waals surface area contributed by atoms with Crippen LogP contribution in [0.5, 0.6) is 5.75 Å². The van der Waals surface area contributed by atoms with Gasteiger partial charge in [0.1, 0.15) is 12.3 Å². The van der Waals surface area contributed by atoms with Crippen LogP contribution in [0.25, 0.3) is 0 Å². The van der Waals surface area contributed by atoms with Crippen LogP contribution >= 0.6 is 0 Å². The Hall–Kier alpha value is -3.35. The van der Waals surface area contributed by atoms with Crippen LogP contribution in [0.1, 0.15) is 16.7 Å². The molecule has 1 aliphatic heterocycles. The number of hydrogen-bond donors (Lipinski definition) is 1. The summed E-state index contributed by atoms with van der Waals surface area (Å²) in [6.45, 7) is 4.92. The Balaban J connectivity index is 1.57. The highest BCUT2D eigenvalue weighted by Gasteiger charge is 2.27. The van der Waals surface area contributed by atoms with Crippen LogP contribution in [0.4, 0.5) is 11.4 Å². The van der Waals surface area contributed by atoms with Gasteiger partial charge >= 0.3 is 5.97 Å². The van der Waals surface area contributed by atoms with Crippen molar-refractivity contribution in [1.82, 2.24) is 0 Å². The van der Waals surface area contributed by atoms with E-state index in [1.165, 1.54) is 4.90 Å². The van der Waals surface area contributed by atoms with Crippen molar-refractivity contribution in [2.45, 2.75) is 20.8 Å². The normalized spacial score (nSPS) is 12.8. The van der Waals surface area contributed by atoms with Crippen molar-refractivity contribution >= 4 is 29.2 Å². The van der Waals surface area contributed by atoms with E-state index in [4.69, 9.17) is 9.47 Å². The Bertz CT molecular complexity index is 915. The van der Waals surface area contributed by atoms with E-state index in [-0.39, 0.29) is 19.1 Å². The van der Waals surface area contributed by atoms with Gasteiger partial charge in [-0.2, -0.15) is 0 Å². The van der Waals surface area contributed by atoms with Gasteiger partial charge in [-0.15, -0.1) is 0 Å². The lowest BCUT2D eigenvalue weighted by Gasteiger charge is -2.28. The molecule has 0 bridgehead atoms.